The molecule has 0 bridgehead atoms. The largest absolute Gasteiger partial charge is 0.229 e. The van der Waals surface area contributed by atoms with Gasteiger partial charge in [-0.3, -0.25) is 0 Å². The lowest BCUT2D eigenvalue weighted by atomic mass is 10.2. The van der Waals surface area contributed by atoms with E-state index >= 15 is 0 Å². The van der Waals surface area contributed by atoms with Crippen molar-refractivity contribution in [3.05, 3.63) is 88.9 Å². The number of aliphatic imine (C=N–C) groups is 1. The third-order valence-electron chi connectivity index (χ3n) is 3.92. The maximum Gasteiger partial charge on any atom is 0.163 e. The first-order chi connectivity index (χ1) is 12.2. The lowest BCUT2D eigenvalue weighted by Gasteiger charge is -2.08. The van der Waals surface area contributed by atoms with E-state index in [1.54, 1.807) is 4.68 Å². The van der Waals surface area contributed by atoms with Gasteiger partial charge in [-0.25, -0.2) is 4.99 Å². The number of aryl methyl sites for hydroxylation is 1. The van der Waals surface area contributed by atoms with Gasteiger partial charge in [0.2, 0.25) is 0 Å². The molecule has 0 saturated carbocycles. The van der Waals surface area contributed by atoms with Crippen LogP contribution in [0.15, 0.2) is 77.8 Å². The summed E-state index contributed by atoms with van der Waals surface area (Å²) in [6.45, 7) is 2.05. The fourth-order valence-electron chi connectivity index (χ4n) is 2.60. The minimum atomic E-state index is 0.682. The summed E-state index contributed by atoms with van der Waals surface area (Å²) in [5, 5.41) is 9.24. The first-order valence-electron chi connectivity index (χ1n) is 7.93. The number of fused-ring (bicyclic) bond motifs is 1. The second-order valence-corrected chi connectivity index (χ2v) is 6.20. The molecule has 0 atom stereocenters. The van der Waals surface area contributed by atoms with Crippen LogP contribution < -0.4 is 0 Å². The SMILES string of the molecule is Cc1ccc(N=C(c2ccc(Cl)cc2)n2nnc3ccccc32)cc1. The Labute approximate surface area is 150 Å². The van der Waals surface area contributed by atoms with Crippen LogP contribution in [0, 0.1) is 6.92 Å². The van der Waals surface area contributed by atoms with Crippen molar-refractivity contribution >= 4 is 34.2 Å². The molecule has 0 unspecified atom stereocenters. The first-order valence-corrected chi connectivity index (χ1v) is 8.31. The Balaban J connectivity index is 1.92. The van der Waals surface area contributed by atoms with Crippen molar-refractivity contribution in [2.45, 2.75) is 6.92 Å². The van der Waals surface area contributed by atoms with Crippen molar-refractivity contribution < 1.29 is 0 Å². The van der Waals surface area contributed by atoms with E-state index in [1.807, 2.05) is 72.8 Å². The summed E-state index contributed by atoms with van der Waals surface area (Å²) in [4.78, 5) is 4.83. The van der Waals surface area contributed by atoms with Crippen LogP contribution in [-0.4, -0.2) is 20.8 Å². The molecule has 25 heavy (non-hydrogen) atoms. The van der Waals surface area contributed by atoms with Gasteiger partial charge in [0, 0.05) is 10.6 Å². The van der Waals surface area contributed by atoms with Gasteiger partial charge in [0.1, 0.15) is 5.52 Å². The van der Waals surface area contributed by atoms with Gasteiger partial charge in [-0.1, -0.05) is 46.6 Å². The zero-order chi connectivity index (χ0) is 17.2. The van der Waals surface area contributed by atoms with Gasteiger partial charge in [0.05, 0.1) is 11.2 Å². The first kappa shape index (κ1) is 15.5. The second-order valence-electron chi connectivity index (χ2n) is 5.77. The van der Waals surface area contributed by atoms with Crippen molar-refractivity contribution in [1.82, 2.24) is 15.0 Å². The molecule has 0 aliphatic carbocycles. The zero-order valence-corrected chi connectivity index (χ0v) is 14.4. The highest BCUT2D eigenvalue weighted by molar-refractivity contribution is 6.30. The summed E-state index contributed by atoms with van der Waals surface area (Å²) in [5.41, 5.74) is 4.70. The van der Waals surface area contributed by atoms with Gasteiger partial charge in [-0.2, -0.15) is 4.68 Å². The lowest BCUT2D eigenvalue weighted by molar-refractivity contribution is 0.861. The van der Waals surface area contributed by atoms with Crippen molar-refractivity contribution in [3.8, 4) is 0 Å². The fourth-order valence-corrected chi connectivity index (χ4v) is 2.73. The zero-order valence-electron chi connectivity index (χ0n) is 13.6. The molecule has 4 rings (SSSR count). The third-order valence-corrected chi connectivity index (χ3v) is 4.18. The molecule has 3 aromatic carbocycles. The summed E-state index contributed by atoms with van der Waals surface area (Å²) in [7, 11) is 0. The van der Waals surface area contributed by atoms with Crippen molar-refractivity contribution in [2.24, 2.45) is 4.99 Å². The Morgan fingerprint density at radius 3 is 2.40 bits per heavy atom. The number of hydrogen-bond donors (Lipinski definition) is 0. The van der Waals surface area contributed by atoms with Gasteiger partial charge in [0.15, 0.2) is 5.84 Å². The van der Waals surface area contributed by atoms with Gasteiger partial charge in [-0.15, -0.1) is 5.10 Å². The van der Waals surface area contributed by atoms with Crippen LogP contribution in [0.25, 0.3) is 11.0 Å². The highest BCUT2D eigenvalue weighted by Gasteiger charge is 2.12. The van der Waals surface area contributed by atoms with E-state index in [9.17, 15) is 0 Å². The summed E-state index contributed by atoms with van der Waals surface area (Å²) < 4.78 is 1.76. The van der Waals surface area contributed by atoms with Gasteiger partial charge in [0.25, 0.3) is 0 Å². The van der Waals surface area contributed by atoms with Gasteiger partial charge < -0.3 is 0 Å². The van der Waals surface area contributed by atoms with Crippen LogP contribution in [0.4, 0.5) is 5.69 Å². The minimum Gasteiger partial charge on any atom is -0.229 e. The lowest BCUT2D eigenvalue weighted by Crippen LogP contribution is -2.15. The Morgan fingerprint density at radius 2 is 1.64 bits per heavy atom. The molecular formula is C20H15ClN4. The summed E-state index contributed by atoms with van der Waals surface area (Å²) in [6.07, 6.45) is 0. The quantitative estimate of drug-likeness (QED) is 0.378. The Kier molecular flexibility index (Phi) is 4.04. The maximum atomic E-state index is 6.04. The van der Waals surface area contributed by atoms with Crippen LogP contribution >= 0.6 is 11.6 Å². The topological polar surface area (TPSA) is 43.1 Å². The molecule has 0 aliphatic rings. The minimum absolute atomic E-state index is 0.682. The number of para-hydroxylation sites is 1. The predicted octanol–water partition coefficient (Wildman–Crippen LogP) is 5.02. The van der Waals surface area contributed by atoms with Crippen LogP contribution in [0.1, 0.15) is 11.1 Å². The van der Waals surface area contributed by atoms with Gasteiger partial charge in [-0.05, 0) is 55.5 Å². The van der Waals surface area contributed by atoms with Crippen LogP contribution in [0.2, 0.25) is 5.02 Å². The summed E-state index contributed by atoms with van der Waals surface area (Å²) in [5.74, 6) is 0.703. The van der Waals surface area contributed by atoms with E-state index in [1.165, 1.54) is 5.56 Å². The van der Waals surface area contributed by atoms with E-state index in [2.05, 4.69) is 17.2 Å². The maximum absolute atomic E-state index is 6.04. The third kappa shape index (κ3) is 3.16. The molecule has 0 radical (unpaired) electrons. The van der Waals surface area contributed by atoms with Crippen LogP contribution in [-0.2, 0) is 0 Å². The standard InChI is InChI=1S/C20H15ClN4/c1-14-6-12-17(13-7-14)22-20(15-8-10-16(21)11-9-15)25-19-5-3-2-4-18(19)23-24-25/h2-13H,1H3. The summed E-state index contributed by atoms with van der Waals surface area (Å²) in [6, 6.07) is 23.5. The van der Waals surface area contributed by atoms with Crippen LogP contribution in [0.5, 0.6) is 0 Å². The van der Waals surface area contributed by atoms with Crippen molar-refractivity contribution in [1.29, 1.82) is 0 Å². The molecular weight excluding hydrogens is 332 g/mol. The molecule has 122 valence electrons. The van der Waals surface area contributed by atoms with E-state index < -0.39 is 0 Å². The molecule has 1 aromatic heterocycles. The van der Waals surface area contributed by atoms with E-state index in [-0.39, 0.29) is 0 Å². The Morgan fingerprint density at radius 1 is 0.920 bits per heavy atom. The molecule has 0 amide bonds. The van der Waals surface area contributed by atoms with E-state index in [4.69, 9.17) is 16.6 Å². The second kappa shape index (κ2) is 6.49. The smallest absolute Gasteiger partial charge is 0.163 e. The average Bonchev–Trinajstić information content (AvgIpc) is 3.06. The predicted molar refractivity (Wildman–Crippen MR) is 102 cm³/mol. The monoisotopic (exact) mass is 346 g/mol. The number of rotatable bonds is 2. The number of nitrogens with zero attached hydrogens (tertiary/aromatic N) is 4. The Bertz CT molecular complexity index is 1050. The normalized spacial score (nSPS) is 11.8. The molecule has 4 aromatic rings. The number of hydrogen-bond acceptors (Lipinski definition) is 3. The van der Waals surface area contributed by atoms with E-state index in [0.717, 1.165) is 22.3 Å². The van der Waals surface area contributed by atoms with Crippen LogP contribution in [0.3, 0.4) is 0 Å². The molecule has 0 saturated heterocycles. The van der Waals surface area contributed by atoms with Crippen molar-refractivity contribution in [2.75, 3.05) is 0 Å². The molecule has 5 heteroatoms. The van der Waals surface area contributed by atoms with E-state index in [0.29, 0.717) is 10.9 Å². The molecule has 4 nitrogen and oxygen atoms in total. The Hall–Kier alpha value is -2.98. The number of halogens is 1. The van der Waals surface area contributed by atoms with Crippen molar-refractivity contribution in [3.63, 3.8) is 0 Å². The average molecular weight is 347 g/mol. The molecule has 0 spiro atoms. The highest BCUT2D eigenvalue weighted by Crippen LogP contribution is 2.19. The fraction of sp³-hybridized carbons (Fsp3) is 0.0500. The molecule has 0 aliphatic heterocycles. The number of benzene rings is 3. The molecule has 1 heterocycles. The molecule has 0 N–H and O–H groups in total. The number of aromatic nitrogens is 3. The molecule has 0 fully saturated rings. The summed E-state index contributed by atoms with van der Waals surface area (Å²) >= 11 is 6.04. The highest BCUT2D eigenvalue weighted by atomic mass is 35.5. The van der Waals surface area contributed by atoms with Gasteiger partial charge >= 0.3 is 0 Å².